The standard InChI is InChI=1S/C20H20ClN3O2/c1-11-7-8-16(12(2)9-11)23-19(25)17-13(3)22-20(26)24-18(17)14-5-4-6-15(21)10-14/h4-10,18H,1-3H3,(H,23,25)(H2,22,24,26)/t18-/m0/s1. The molecule has 1 heterocycles. The fourth-order valence-corrected chi connectivity index (χ4v) is 3.27. The molecule has 134 valence electrons. The Morgan fingerprint density at radius 2 is 1.88 bits per heavy atom. The molecule has 1 aliphatic rings. The van der Waals surface area contributed by atoms with Gasteiger partial charge in [-0.2, -0.15) is 0 Å². The molecule has 0 aliphatic carbocycles. The molecule has 0 bridgehead atoms. The average Bonchev–Trinajstić information content (AvgIpc) is 2.56. The normalized spacial score (nSPS) is 16.8. The minimum absolute atomic E-state index is 0.271. The van der Waals surface area contributed by atoms with Crippen molar-refractivity contribution >= 4 is 29.2 Å². The highest BCUT2D eigenvalue weighted by atomic mass is 35.5. The molecule has 0 saturated carbocycles. The monoisotopic (exact) mass is 369 g/mol. The van der Waals surface area contributed by atoms with Crippen LogP contribution in [0, 0.1) is 13.8 Å². The Labute approximate surface area is 157 Å². The molecule has 1 atom stereocenters. The molecule has 0 aromatic heterocycles. The second-order valence-electron chi connectivity index (χ2n) is 6.40. The summed E-state index contributed by atoms with van der Waals surface area (Å²) in [5, 5.41) is 8.96. The zero-order valence-electron chi connectivity index (χ0n) is 14.8. The van der Waals surface area contributed by atoms with E-state index >= 15 is 0 Å². The molecule has 0 saturated heterocycles. The van der Waals surface area contributed by atoms with Crippen molar-refractivity contribution in [2.75, 3.05) is 5.32 Å². The molecule has 6 heteroatoms. The zero-order chi connectivity index (χ0) is 18.8. The minimum atomic E-state index is -0.576. The Morgan fingerprint density at radius 1 is 1.12 bits per heavy atom. The van der Waals surface area contributed by atoms with Crippen molar-refractivity contribution in [2.45, 2.75) is 26.8 Å². The summed E-state index contributed by atoms with van der Waals surface area (Å²) < 4.78 is 0. The Balaban J connectivity index is 1.97. The number of halogens is 1. The predicted molar refractivity (Wildman–Crippen MR) is 103 cm³/mol. The van der Waals surface area contributed by atoms with Gasteiger partial charge in [0, 0.05) is 16.4 Å². The summed E-state index contributed by atoms with van der Waals surface area (Å²) in [4.78, 5) is 24.9. The molecule has 2 aromatic carbocycles. The smallest absolute Gasteiger partial charge is 0.319 e. The van der Waals surface area contributed by atoms with E-state index in [-0.39, 0.29) is 11.9 Å². The summed E-state index contributed by atoms with van der Waals surface area (Å²) in [6, 6.07) is 12.0. The summed E-state index contributed by atoms with van der Waals surface area (Å²) >= 11 is 6.08. The van der Waals surface area contributed by atoms with Crippen LogP contribution in [0.2, 0.25) is 5.02 Å². The number of benzene rings is 2. The lowest BCUT2D eigenvalue weighted by molar-refractivity contribution is -0.113. The first-order valence-corrected chi connectivity index (χ1v) is 8.65. The summed E-state index contributed by atoms with van der Waals surface area (Å²) in [6.45, 7) is 5.66. The SMILES string of the molecule is CC1=C(C(=O)Nc2ccc(C)cc2C)[C@H](c2cccc(Cl)c2)NC(=O)N1. The third-order valence-corrected chi connectivity index (χ3v) is 4.56. The fourth-order valence-electron chi connectivity index (χ4n) is 3.07. The van der Waals surface area contributed by atoms with Gasteiger partial charge < -0.3 is 16.0 Å². The third kappa shape index (κ3) is 3.73. The first-order chi connectivity index (χ1) is 12.3. The van der Waals surface area contributed by atoms with Crippen molar-refractivity contribution in [3.63, 3.8) is 0 Å². The largest absolute Gasteiger partial charge is 0.327 e. The number of carbonyl (C=O) groups excluding carboxylic acids is 2. The average molecular weight is 370 g/mol. The Morgan fingerprint density at radius 3 is 2.58 bits per heavy atom. The Kier molecular flexibility index (Phi) is 5.00. The van der Waals surface area contributed by atoms with Gasteiger partial charge in [0.25, 0.3) is 5.91 Å². The number of rotatable bonds is 3. The van der Waals surface area contributed by atoms with Gasteiger partial charge in [0.15, 0.2) is 0 Å². The number of hydrogen-bond acceptors (Lipinski definition) is 2. The van der Waals surface area contributed by atoms with Crippen LogP contribution in [0.4, 0.5) is 10.5 Å². The number of urea groups is 1. The molecule has 26 heavy (non-hydrogen) atoms. The number of allylic oxidation sites excluding steroid dienone is 1. The van der Waals surface area contributed by atoms with E-state index in [2.05, 4.69) is 16.0 Å². The van der Waals surface area contributed by atoms with Crippen molar-refractivity contribution in [1.29, 1.82) is 0 Å². The van der Waals surface area contributed by atoms with Crippen molar-refractivity contribution in [2.24, 2.45) is 0 Å². The lowest BCUT2D eigenvalue weighted by Crippen LogP contribution is -2.46. The van der Waals surface area contributed by atoms with E-state index in [0.29, 0.717) is 16.3 Å². The molecule has 5 nitrogen and oxygen atoms in total. The van der Waals surface area contributed by atoms with Crippen molar-refractivity contribution in [3.05, 3.63) is 75.4 Å². The lowest BCUT2D eigenvalue weighted by atomic mass is 9.94. The summed E-state index contributed by atoms with van der Waals surface area (Å²) in [7, 11) is 0. The Bertz CT molecular complexity index is 921. The van der Waals surface area contributed by atoms with Crippen LogP contribution in [-0.2, 0) is 4.79 Å². The van der Waals surface area contributed by atoms with Crippen LogP contribution in [-0.4, -0.2) is 11.9 Å². The van der Waals surface area contributed by atoms with Gasteiger partial charge in [-0.15, -0.1) is 0 Å². The molecule has 3 rings (SSSR count). The number of anilines is 1. The van der Waals surface area contributed by atoms with Crippen LogP contribution in [0.25, 0.3) is 0 Å². The van der Waals surface area contributed by atoms with Crippen LogP contribution >= 0.6 is 11.6 Å². The van der Waals surface area contributed by atoms with Crippen LogP contribution in [0.3, 0.4) is 0 Å². The maximum Gasteiger partial charge on any atom is 0.319 e. The topological polar surface area (TPSA) is 70.2 Å². The quantitative estimate of drug-likeness (QED) is 0.757. The van der Waals surface area contributed by atoms with Gasteiger partial charge in [-0.3, -0.25) is 4.79 Å². The molecule has 0 fully saturated rings. The number of carbonyl (C=O) groups is 2. The van der Waals surface area contributed by atoms with E-state index in [4.69, 9.17) is 11.6 Å². The summed E-state index contributed by atoms with van der Waals surface area (Å²) in [6.07, 6.45) is 0. The molecule has 1 aliphatic heterocycles. The Hall–Kier alpha value is -2.79. The van der Waals surface area contributed by atoms with E-state index < -0.39 is 6.04 Å². The zero-order valence-corrected chi connectivity index (χ0v) is 15.6. The van der Waals surface area contributed by atoms with E-state index in [1.54, 1.807) is 25.1 Å². The molecular formula is C20H20ClN3O2. The summed E-state index contributed by atoms with van der Waals surface area (Å²) in [5.41, 5.74) is 4.55. The first kappa shape index (κ1) is 18.0. The predicted octanol–water partition coefficient (Wildman–Crippen LogP) is 4.22. The maximum atomic E-state index is 13.0. The number of amides is 3. The molecule has 0 spiro atoms. The van der Waals surface area contributed by atoms with Gasteiger partial charge in [-0.1, -0.05) is 41.4 Å². The van der Waals surface area contributed by atoms with Crippen LogP contribution in [0.5, 0.6) is 0 Å². The number of aryl methyl sites for hydroxylation is 2. The van der Waals surface area contributed by atoms with Crippen molar-refractivity contribution in [3.8, 4) is 0 Å². The van der Waals surface area contributed by atoms with Crippen molar-refractivity contribution in [1.82, 2.24) is 10.6 Å². The molecule has 0 radical (unpaired) electrons. The highest BCUT2D eigenvalue weighted by molar-refractivity contribution is 6.30. The molecular weight excluding hydrogens is 350 g/mol. The van der Waals surface area contributed by atoms with Gasteiger partial charge in [-0.05, 0) is 50.1 Å². The fraction of sp³-hybridized carbons (Fsp3) is 0.200. The van der Waals surface area contributed by atoms with Gasteiger partial charge >= 0.3 is 6.03 Å². The van der Waals surface area contributed by atoms with Gasteiger partial charge in [0.1, 0.15) is 0 Å². The maximum absolute atomic E-state index is 13.0. The van der Waals surface area contributed by atoms with Gasteiger partial charge in [0.05, 0.1) is 11.6 Å². The molecule has 0 unspecified atom stereocenters. The third-order valence-electron chi connectivity index (χ3n) is 4.33. The minimum Gasteiger partial charge on any atom is -0.327 e. The molecule has 3 N–H and O–H groups in total. The van der Waals surface area contributed by atoms with Crippen LogP contribution in [0.1, 0.15) is 29.7 Å². The van der Waals surface area contributed by atoms with Gasteiger partial charge in [-0.25, -0.2) is 4.79 Å². The summed E-state index contributed by atoms with van der Waals surface area (Å²) in [5.74, 6) is -0.271. The highest BCUT2D eigenvalue weighted by Gasteiger charge is 2.31. The second kappa shape index (κ2) is 7.22. The second-order valence-corrected chi connectivity index (χ2v) is 6.83. The van der Waals surface area contributed by atoms with Gasteiger partial charge in [0.2, 0.25) is 0 Å². The van der Waals surface area contributed by atoms with Crippen LogP contribution < -0.4 is 16.0 Å². The molecule has 3 amide bonds. The lowest BCUT2D eigenvalue weighted by Gasteiger charge is -2.29. The van der Waals surface area contributed by atoms with Crippen molar-refractivity contribution < 1.29 is 9.59 Å². The molecule has 2 aromatic rings. The van der Waals surface area contributed by atoms with E-state index in [1.807, 2.05) is 38.1 Å². The van der Waals surface area contributed by atoms with E-state index in [0.717, 1.165) is 22.4 Å². The van der Waals surface area contributed by atoms with E-state index in [1.165, 1.54) is 0 Å². The van der Waals surface area contributed by atoms with E-state index in [9.17, 15) is 9.59 Å². The highest BCUT2D eigenvalue weighted by Crippen LogP contribution is 2.29. The van der Waals surface area contributed by atoms with Crippen LogP contribution in [0.15, 0.2) is 53.7 Å². The number of hydrogen-bond donors (Lipinski definition) is 3. The number of nitrogens with one attached hydrogen (secondary N) is 3. The first-order valence-electron chi connectivity index (χ1n) is 8.27.